The van der Waals surface area contributed by atoms with Crippen molar-refractivity contribution in [3.05, 3.63) is 95.0 Å². The molecule has 0 saturated carbocycles. The SMILES string of the molecule is O=C(N/N=C/c1ccc(OCc2ccc(Cl)cc2)cc1)C(=O)Nc1ccccc1. The number of ether oxygens (including phenoxy) is 1. The Kier molecular flexibility index (Phi) is 6.97. The average molecular weight is 408 g/mol. The molecule has 0 aliphatic carbocycles. The number of carbonyl (C=O) groups excluding carboxylic acids is 2. The largest absolute Gasteiger partial charge is 0.489 e. The number of amides is 2. The predicted molar refractivity (Wildman–Crippen MR) is 113 cm³/mol. The van der Waals surface area contributed by atoms with Gasteiger partial charge in [-0.25, -0.2) is 5.43 Å². The quantitative estimate of drug-likeness (QED) is 0.368. The number of hydrazone groups is 1. The molecule has 0 fully saturated rings. The smallest absolute Gasteiger partial charge is 0.329 e. The van der Waals surface area contributed by atoms with Crippen LogP contribution in [-0.4, -0.2) is 18.0 Å². The van der Waals surface area contributed by atoms with Crippen molar-refractivity contribution in [1.29, 1.82) is 0 Å². The fraction of sp³-hybridized carbons (Fsp3) is 0.0455. The van der Waals surface area contributed by atoms with E-state index in [4.69, 9.17) is 16.3 Å². The second kappa shape index (κ2) is 10.1. The van der Waals surface area contributed by atoms with E-state index in [0.29, 0.717) is 23.1 Å². The molecule has 2 N–H and O–H groups in total. The van der Waals surface area contributed by atoms with Crippen LogP contribution in [0.25, 0.3) is 0 Å². The number of nitrogens with zero attached hydrogens (tertiary/aromatic N) is 1. The first-order valence-corrected chi connectivity index (χ1v) is 9.15. The zero-order valence-electron chi connectivity index (χ0n) is 15.3. The summed E-state index contributed by atoms with van der Waals surface area (Å²) in [5, 5.41) is 6.96. The maximum atomic E-state index is 11.8. The molecule has 2 amide bonds. The lowest BCUT2D eigenvalue weighted by Crippen LogP contribution is -2.32. The molecule has 0 radical (unpaired) electrons. The van der Waals surface area contributed by atoms with Crippen LogP contribution in [0, 0.1) is 0 Å². The molecule has 0 saturated heterocycles. The fourth-order valence-electron chi connectivity index (χ4n) is 2.32. The first-order valence-electron chi connectivity index (χ1n) is 8.77. The molecule has 0 bridgehead atoms. The van der Waals surface area contributed by atoms with Crippen molar-refractivity contribution in [1.82, 2.24) is 5.43 Å². The summed E-state index contributed by atoms with van der Waals surface area (Å²) in [5.74, 6) is -0.948. The number of benzene rings is 3. The summed E-state index contributed by atoms with van der Waals surface area (Å²) in [6, 6.07) is 23.3. The molecule has 0 aliphatic heterocycles. The zero-order chi connectivity index (χ0) is 20.5. The van der Waals surface area contributed by atoms with E-state index >= 15 is 0 Å². The first-order chi connectivity index (χ1) is 14.1. The van der Waals surface area contributed by atoms with Crippen LogP contribution < -0.4 is 15.5 Å². The van der Waals surface area contributed by atoms with Gasteiger partial charge in [0.15, 0.2) is 0 Å². The van der Waals surface area contributed by atoms with Gasteiger partial charge in [-0.05, 0) is 59.7 Å². The maximum Gasteiger partial charge on any atom is 0.329 e. The van der Waals surface area contributed by atoms with Gasteiger partial charge in [-0.15, -0.1) is 0 Å². The van der Waals surface area contributed by atoms with Crippen LogP contribution in [0.3, 0.4) is 0 Å². The van der Waals surface area contributed by atoms with Crippen LogP contribution >= 0.6 is 11.6 Å². The van der Waals surface area contributed by atoms with Gasteiger partial charge < -0.3 is 10.1 Å². The zero-order valence-corrected chi connectivity index (χ0v) is 16.1. The molecule has 6 nitrogen and oxygen atoms in total. The molecule has 0 heterocycles. The minimum absolute atomic E-state index is 0.428. The standard InChI is InChI=1S/C22H18ClN3O3/c23-18-10-6-17(7-11-18)15-29-20-12-8-16(9-13-20)14-24-26-22(28)21(27)25-19-4-2-1-3-5-19/h1-14H,15H2,(H,25,27)(H,26,28)/b24-14+. The molecule has 3 aromatic carbocycles. The lowest BCUT2D eigenvalue weighted by molar-refractivity contribution is -0.136. The van der Waals surface area contributed by atoms with E-state index in [2.05, 4.69) is 15.8 Å². The predicted octanol–water partition coefficient (Wildman–Crippen LogP) is 4.01. The molecule has 0 atom stereocenters. The average Bonchev–Trinajstić information content (AvgIpc) is 2.75. The van der Waals surface area contributed by atoms with Gasteiger partial charge in [0.25, 0.3) is 0 Å². The molecular formula is C22H18ClN3O3. The van der Waals surface area contributed by atoms with E-state index < -0.39 is 11.8 Å². The minimum Gasteiger partial charge on any atom is -0.489 e. The number of nitrogens with one attached hydrogen (secondary N) is 2. The molecule has 0 spiro atoms. The Labute approximate surface area is 173 Å². The van der Waals surface area contributed by atoms with E-state index in [1.807, 2.05) is 30.3 Å². The minimum atomic E-state index is -0.854. The van der Waals surface area contributed by atoms with Crippen LogP contribution in [0.5, 0.6) is 5.75 Å². The monoisotopic (exact) mass is 407 g/mol. The van der Waals surface area contributed by atoms with Gasteiger partial charge >= 0.3 is 11.8 Å². The number of halogens is 1. The van der Waals surface area contributed by atoms with Gasteiger partial charge in [0, 0.05) is 10.7 Å². The summed E-state index contributed by atoms with van der Waals surface area (Å²) in [5.41, 5.74) is 4.48. The molecule has 146 valence electrons. The Morgan fingerprint density at radius 1 is 0.897 bits per heavy atom. The number of hydrogen-bond donors (Lipinski definition) is 2. The molecule has 0 aromatic heterocycles. The third kappa shape index (κ3) is 6.48. The number of rotatable bonds is 6. The highest BCUT2D eigenvalue weighted by Gasteiger charge is 2.12. The molecular weight excluding hydrogens is 390 g/mol. The van der Waals surface area contributed by atoms with Gasteiger partial charge in [-0.1, -0.05) is 41.9 Å². The van der Waals surface area contributed by atoms with E-state index in [1.165, 1.54) is 6.21 Å². The van der Waals surface area contributed by atoms with E-state index in [0.717, 1.165) is 11.1 Å². The summed E-state index contributed by atoms with van der Waals surface area (Å²) in [6.45, 7) is 0.428. The van der Waals surface area contributed by atoms with E-state index in [-0.39, 0.29) is 0 Å². The van der Waals surface area contributed by atoms with Gasteiger partial charge in [0.05, 0.1) is 6.21 Å². The van der Waals surface area contributed by atoms with E-state index in [9.17, 15) is 9.59 Å². The molecule has 0 aliphatic rings. The van der Waals surface area contributed by atoms with Crippen molar-refractivity contribution in [3.8, 4) is 5.75 Å². The Hall–Kier alpha value is -3.64. The Balaban J connectivity index is 1.46. The third-order valence-corrected chi connectivity index (χ3v) is 4.07. The highest BCUT2D eigenvalue weighted by atomic mass is 35.5. The summed E-state index contributed by atoms with van der Waals surface area (Å²) in [4.78, 5) is 23.6. The Morgan fingerprint density at radius 3 is 2.28 bits per heavy atom. The second-order valence-electron chi connectivity index (χ2n) is 6.00. The van der Waals surface area contributed by atoms with E-state index in [1.54, 1.807) is 48.5 Å². The number of hydrogen-bond acceptors (Lipinski definition) is 4. The maximum absolute atomic E-state index is 11.8. The lowest BCUT2D eigenvalue weighted by Gasteiger charge is -2.06. The Morgan fingerprint density at radius 2 is 1.59 bits per heavy atom. The van der Waals surface area contributed by atoms with Crippen molar-refractivity contribution < 1.29 is 14.3 Å². The third-order valence-electron chi connectivity index (χ3n) is 3.82. The van der Waals surface area contributed by atoms with Crippen LogP contribution in [-0.2, 0) is 16.2 Å². The molecule has 3 aromatic rings. The molecule has 0 unspecified atom stereocenters. The van der Waals surface area contributed by atoms with Gasteiger partial charge in [0.2, 0.25) is 0 Å². The fourth-order valence-corrected chi connectivity index (χ4v) is 2.45. The van der Waals surface area contributed by atoms with Gasteiger partial charge in [-0.2, -0.15) is 5.10 Å². The second-order valence-corrected chi connectivity index (χ2v) is 6.44. The summed E-state index contributed by atoms with van der Waals surface area (Å²) in [6.07, 6.45) is 1.44. The van der Waals surface area contributed by atoms with Gasteiger partial charge in [0.1, 0.15) is 12.4 Å². The summed E-state index contributed by atoms with van der Waals surface area (Å²) in [7, 11) is 0. The normalized spacial score (nSPS) is 10.5. The highest BCUT2D eigenvalue weighted by molar-refractivity contribution is 6.39. The molecule has 3 rings (SSSR count). The number of para-hydroxylation sites is 1. The number of carbonyl (C=O) groups is 2. The Bertz CT molecular complexity index is 988. The summed E-state index contributed by atoms with van der Waals surface area (Å²) < 4.78 is 5.71. The van der Waals surface area contributed by atoms with Crippen molar-refractivity contribution in [3.63, 3.8) is 0 Å². The lowest BCUT2D eigenvalue weighted by atomic mass is 10.2. The van der Waals surface area contributed by atoms with Crippen LogP contribution in [0.2, 0.25) is 5.02 Å². The topological polar surface area (TPSA) is 79.8 Å². The molecule has 29 heavy (non-hydrogen) atoms. The first kappa shape index (κ1) is 20.1. The van der Waals surface area contributed by atoms with Gasteiger partial charge in [-0.3, -0.25) is 9.59 Å². The van der Waals surface area contributed by atoms with Crippen molar-refractivity contribution >= 4 is 35.3 Å². The summed E-state index contributed by atoms with van der Waals surface area (Å²) >= 11 is 5.86. The van der Waals surface area contributed by atoms with Crippen molar-refractivity contribution in [2.75, 3.05) is 5.32 Å². The van der Waals surface area contributed by atoms with Crippen molar-refractivity contribution in [2.24, 2.45) is 5.10 Å². The van der Waals surface area contributed by atoms with Crippen molar-refractivity contribution in [2.45, 2.75) is 6.61 Å². The molecule has 7 heteroatoms. The van der Waals surface area contributed by atoms with Crippen LogP contribution in [0.15, 0.2) is 84.0 Å². The highest BCUT2D eigenvalue weighted by Crippen LogP contribution is 2.15. The van der Waals surface area contributed by atoms with Crippen LogP contribution in [0.4, 0.5) is 5.69 Å². The van der Waals surface area contributed by atoms with Crippen LogP contribution in [0.1, 0.15) is 11.1 Å². The number of anilines is 1.